The number of hydrogen-bond donors (Lipinski definition) is 23. The van der Waals surface area contributed by atoms with E-state index in [0.717, 1.165) is 10.9 Å². The SMILES string of the molecule is CC[C@H](C)[C@H](NC(=O)[C@H](CCCCN)NC(=O)[C@H](CCCCN)NC(=O)[C@H](Cc1ccccc1)NC(=O)[C@H](CC(C)C)NC(=O)[C@H](CCCCN)NC(=O)[C@H](Cc1c[nH]c2ccccc12)NC(=O)[C@H](CCCCN)NC(C)=O)C(=O)NCC(=O)N[C@@H](C)C(=O)N[C@H](C(=O)N[C@@H](CC(C)C)C(=O)N[C@@H](CCCCN)C(=O)N[C@@H](CCCCN)C(=O)N[C@@H](CC(C)C)C(N)=O)C(C)C. The minimum atomic E-state index is -1.41. The second kappa shape index (κ2) is 62.6. The Bertz CT molecular complexity index is 4080. The highest BCUT2D eigenvalue weighted by molar-refractivity contribution is 6.01. The third kappa shape index (κ3) is 43.5. The maximum atomic E-state index is 15.1. The molecule has 0 spiro atoms. The molecule has 0 aliphatic rings. The van der Waals surface area contributed by atoms with Gasteiger partial charge in [0, 0.05) is 36.9 Å². The third-order valence-corrected chi connectivity index (χ3v) is 22.5. The topological polar surface area (TPSA) is 651 Å². The molecule has 0 saturated heterocycles. The van der Waals surface area contributed by atoms with Gasteiger partial charge in [0.05, 0.1) is 6.54 Å². The molecular formula is C92H157N23O16. The number of nitrogens with one attached hydrogen (secondary N) is 16. The van der Waals surface area contributed by atoms with Gasteiger partial charge in [0.15, 0.2) is 0 Å². The fourth-order valence-electron chi connectivity index (χ4n) is 14.8. The summed E-state index contributed by atoms with van der Waals surface area (Å²) in [6.45, 7) is 21.3. The van der Waals surface area contributed by atoms with Gasteiger partial charge in [0.2, 0.25) is 94.5 Å². The van der Waals surface area contributed by atoms with Crippen molar-refractivity contribution in [3.8, 4) is 0 Å². The lowest BCUT2D eigenvalue weighted by Gasteiger charge is -2.29. The Labute approximate surface area is 772 Å². The second-order valence-electron chi connectivity index (χ2n) is 35.7. The Kier molecular flexibility index (Phi) is 54.7. The van der Waals surface area contributed by atoms with Gasteiger partial charge in [-0.2, -0.15) is 0 Å². The fourth-order valence-corrected chi connectivity index (χ4v) is 14.8. The lowest BCUT2D eigenvalue weighted by molar-refractivity contribution is -0.136. The maximum Gasteiger partial charge on any atom is 0.243 e. The molecule has 16 amide bonds. The summed E-state index contributed by atoms with van der Waals surface area (Å²) in [4.78, 5) is 230. The molecule has 736 valence electrons. The van der Waals surface area contributed by atoms with Crippen LogP contribution in [-0.2, 0) is 89.6 Å². The monoisotopic (exact) mass is 1840 g/mol. The fraction of sp³-hybridized carbons (Fsp3) is 0.674. The van der Waals surface area contributed by atoms with Crippen molar-refractivity contribution in [3.05, 3.63) is 71.9 Å². The standard InChI is InChI=1S/C92H157N23O16/c1-13-58(10)78(91(130)101-53-76(117)102-59(11)80(119)114-77(57(8)9)92(131)113-73(49-56(6)7)87(126)106-66(36-20-26-42-94)82(121)104-68(38-22-28-44-96)84(123)109-71(79(99)118)47-54(2)3)115-86(125)70(40-24-30-46-98)105-83(122)67(37-21-27-43-95)107-89(128)74(50-61-31-15-14-16-32-61)111-88(127)72(48-55(4)5)110-85(124)69(39-23-29-45-97)108-90(129)75(51-62-52-100-64-34-18-17-33-63(62)64)112-81(120)65(103-60(12)116)35-19-25-41-93/h14-18,31-34,52,54-59,65-75,77-78,100H,13,19-30,35-51,53,93-98H2,1-12H3,(H2,99,118)(H,101,130)(H,102,117)(H,103,116)(H,104,121)(H,105,122)(H,106,126)(H,107,128)(H,108,129)(H,109,123)(H,110,124)(H,111,127)(H,112,120)(H,113,131)(H,114,119)(H,115,125)/t58-,59-,65-,66-,67-,68-,69-,70-,71-,72-,73-,74-,75-,77-,78-/m0/s1. The molecule has 39 heteroatoms. The van der Waals surface area contributed by atoms with Crippen LogP contribution in [0.4, 0.5) is 0 Å². The van der Waals surface area contributed by atoms with Crippen LogP contribution in [0.3, 0.4) is 0 Å². The number of benzene rings is 2. The first-order valence-electron chi connectivity index (χ1n) is 46.8. The molecule has 0 aliphatic heterocycles. The first-order chi connectivity index (χ1) is 62.3. The van der Waals surface area contributed by atoms with E-state index in [4.69, 9.17) is 40.1 Å². The molecule has 1 aromatic heterocycles. The van der Waals surface area contributed by atoms with Crippen LogP contribution in [0.15, 0.2) is 60.8 Å². The van der Waals surface area contributed by atoms with E-state index in [2.05, 4.69) is 84.7 Å². The van der Waals surface area contributed by atoms with E-state index in [1.807, 2.05) is 65.8 Å². The number of aromatic amines is 1. The lowest BCUT2D eigenvalue weighted by atomic mass is 9.97. The number of H-pyrrole nitrogens is 1. The van der Waals surface area contributed by atoms with Crippen LogP contribution >= 0.6 is 0 Å². The summed E-state index contributed by atoms with van der Waals surface area (Å²) in [5.41, 5.74) is 42.8. The largest absolute Gasteiger partial charge is 0.368 e. The molecule has 39 nitrogen and oxygen atoms in total. The van der Waals surface area contributed by atoms with E-state index in [-0.39, 0.29) is 115 Å². The zero-order valence-corrected chi connectivity index (χ0v) is 79.2. The molecule has 131 heavy (non-hydrogen) atoms. The summed E-state index contributed by atoms with van der Waals surface area (Å²) in [5.74, 6) is -13.5. The van der Waals surface area contributed by atoms with Gasteiger partial charge in [-0.05, 0) is 228 Å². The van der Waals surface area contributed by atoms with Crippen molar-refractivity contribution in [1.82, 2.24) is 84.7 Å². The molecule has 0 unspecified atom stereocenters. The molecule has 15 atom stereocenters. The van der Waals surface area contributed by atoms with Crippen molar-refractivity contribution in [2.24, 2.45) is 69.7 Å². The minimum Gasteiger partial charge on any atom is -0.368 e. The molecule has 0 saturated carbocycles. The van der Waals surface area contributed by atoms with Crippen LogP contribution < -0.4 is 120 Å². The summed E-state index contributed by atoms with van der Waals surface area (Å²) < 4.78 is 0. The van der Waals surface area contributed by atoms with Gasteiger partial charge >= 0.3 is 0 Å². The molecule has 0 fully saturated rings. The van der Waals surface area contributed by atoms with Crippen molar-refractivity contribution in [1.29, 1.82) is 0 Å². The van der Waals surface area contributed by atoms with Crippen molar-refractivity contribution < 1.29 is 76.7 Å². The highest BCUT2D eigenvalue weighted by atomic mass is 16.2. The van der Waals surface area contributed by atoms with Crippen molar-refractivity contribution in [2.75, 3.05) is 45.8 Å². The number of carbonyl (C=O) groups is 16. The summed E-state index contributed by atoms with van der Waals surface area (Å²) in [6, 6.07) is -1.46. The summed E-state index contributed by atoms with van der Waals surface area (Å²) >= 11 is 0. The second-order valence-corrected chi connectivity index (χ2v) is 35.7. The van der Waals surface area contributed by atoms with Crippen LogP contribution in [0, 0.1) is 29.6 Å². The molecule has 3 rings (SSSR count). The van der Waals surface area contributed by atoms with E-state index < -0.39 is 197 Å². The number of rotatable bonds is 67. The van der Waals surface area contributed by atoms with E-state index in [9.17, 15) is 67.1 Å². The van der Waals surface area contributed by atoms with Gasteiger partial charge in [-0.1, -0.05) is 124 Å². The van der Waals surface area contributed by atoms with Crippen molar-refractivity contribution in [3.63, 3.8) is 0 Å². The highest BCUT2D eigenvalue weighted by Crippen LogP contribution is 2.22. The molecular weight excluding hydrogens is 1680 g/mol. The Morgan fingerprint density at radius 3 is 1.02 bits per heavy atom. The molecule has 3 aromatic rings. The van der Waals surface area contributed by atoms with Crippen LogP contribution in [0.5, 0.6) is 0 Å². The summed E-state index contributed by atoms with van der Waals surface area (Å²) in [6.07, 6.45) is 7.98. The Balaban J connectivity index is 1.90. The van der Waals surface area contributed by atoms with Crippen LogP contribution in [0.25, 0.3) is 10.9 Å². The predicted octanol–water partition coefficient (Wildman–Crippen LogP) is -0.00400. The highest BCUT2D eigenvalue weighted by Gasteiger charge is 2.39. The molecule has 2 aromatic carbocycles. The predicted molar refractivity (Wildman–Crippen MR) is 503 cm³/mol. The number of carbonyl (C=O) groups excluding carboxylic acids is 16. The minimum absolute atomic E-state index is 0.000782. The van der Waals surface area contributed by atoms with Gasteiger partial charge in [0.25, 0.3) is 0 Å². The van der Waals surface area contributed by atoms with Gasteiger partial charge in [-0.25, -0.2) is 0 Å². The van der Waals surface area contributed by atoms with Crippen molar-refractivity contribution >= 4 is 105 Å². The molecule has 1 heterocycles. The number of amides is 16. The summed E-state index contributed by atoms with van der Waals surface area (Å²) in [7, 11) is 0. The van der Waals surface area contributed by atoms with Gasteiger partial charge < -0.3 is 125 Å². The molecule has 30 N–H and O–H groups in total. The first-order valence-corrected chi connectivity index (χ1v) is 46.8. The summed E-state index contributed by atoms with van der Waals surface area (Å²) in [5, 5.41) is 41.9. The Hall–Kier alpha value is -10.7. The quantitative estimate of drug-likeness (QED) is 0.0331. The van der Waals surface area contributed by atoms with Gasteiger partial charge in [-0.15, -0.1) is 0 Å². The number of primary amides is 1. The first kappa shape index (κ1) is 114. The third-order valence-electron chi connectivity index (χ3n) is 22.5. The Morgan fingerprint density at radius 1 is 0.328 bits per heavy atom. The molecule has 0 aliphatic carbocycles. The number of unbranched alkanes of at least 4 members (excludes halogenated alkanes) is 6. The van der Waals surface area contributed by atoms with Gasteiger partial charge in [0.1, 0.15) is 84.6 Å². The average molecular weight is 1840 g/mol. The maximum absolute atomic E-state index is 15.1. The zero-order valence-electron chi connectivity index (χ0n) is 79.2. The number of hydrogen-bond acceptors (Lipinski definition) is 22. The average Bonchev–Trinajstić information content (AvgIpc) is 1.67. The van der Waals surface area contributed by atoms with Crippen LogP contribution in [0.1, 0.15) is 235 Å². The van der Waals surface area contributed by atoms with E-state index in [1.54, 1.807) is 64.2 Å². The van der Waals surface area contributed by atoms with Gasteiger partial charge in [-0.3, -0.25) is 76.7 Å². The smallest absolute Gasteiger partial charge is 0.243 e. The van der Waals surface area contributed by atoms with Crippen molar-refractivity contribution in [2.45, 2.75) is 322 Å². The van der Waals surface area contributed by atoms with Crippen LogP contribution in [-0.4, -0.2) is 230 Å². The molecule has 0 bridgehead atoms. The number of aromatic nitrogens is 1. The van der Waals surface area contributed by atoms with E-state index in [0.29, 0.717) is 108 Å². The van der Waals surface area contributed by atoms with Crippen LogP contribution in [0.2, 0.25) is 0 Å². The lowest BCUT2D eigenvalue weighted by Crippen LogP contribution is -2.61. The molecule has 0 radical (unpaired) electrons. The zero-order chi connectivity index (χ0) is 97.8. The number of nitrogens with two attached hydrogens (primary N) is 7. The number of fused-ring (bicyclic) bond motifs is 1. The van der Waals surface area contributed by atoms with E-state index >= 15 is 9.59 Å². The Morgan fingerprint density at radius 2 is 0.649 bits per heavy atom. The number of para-hydroxylation sites is 1. The van der Waals surface area contributed by atoms with E-state index in [1.165, 1.54) is 13.8 Å². The normalized spacial score (nSPS) is 14.9.